The molecule has 1 fully saturated rings. The SMILES string of the molecule is Cc1ccc(C)c(N2CC(CN)CNS2(=O)=O)c1. The molecule has 1 saturated heterocycles. The van der Waals surface area contributed by atoms with E-state index in [9.17, 15) is 8.42 Å². The minimum absolute atomic E-state index is 0.147. The Balaban J connectivity index is 2.42. The van der Waals surface area contributed by atoms with Crippen molar-refractivity contribution in [1.82, 2.24) is 4.72 Å². The highest BCUT2D eigenvalue weighted by Gasteiger charge is 2.31. The maximum absolute atomic E-state index is 12.1. The van der Waals surface area contributed by atoms with Crippen LogP contribution in [0.15, 0.2) is 18.2 Å². The van der Waals surface area contributed by atoms with Gasteiger partial charge in [0.05, 0.1) is 5.69 Å². The molecule has 0 bridgehead atoms. The van der Waals surface area contributed by atoms with Crippen LogP contribution >= 0.6 is 0 Å². The Bertz CT molecular complexity index is 542. The van der Waals surface area contributed by atoms with Crippen LogP contribution < -0.4 is 14.8 Å². The highest BCUT2D eigenvalue weighted by atomic mass is 32.2. The summed E-state index contributed by atoms with van der Waals surface area (Å²) in [7, 11) is -3.43. The standard InChI is InChI=1S/C12H19N3O2S/c1-9-3-4-10(2)12(5-9)15-8-11(6-13)7-14-18(15,16)17/h3-5,11,14H,6-8,13H2,1-2H3. The molecule has 5 nitrogen and oxygen atoms in total. The zero-order valence-corrected chi connectivity index (χ0v) is 11.5. The molecule has 0 spiro atoms. The lowest BCUT2D eigenvalue weighted by Crippen LogP contribution is -2.53. The van der Waals surface area contributed by atoms with Crippen molar-refractivity contribution in [1.29, 1.82) is 0 Å². The average molecular weight is 269 g/mol. The second-order valence-electron chi connectivity index (χ2n) is 4.78. The van der Waals surface area contributed by atoms with Crippen LogP contribution in [0.3, 0.4) is 0 Å². The van der Waals surface area contributed by atoms with Crippen LogP contribution in [0.5, 0.6) is 0 Å². The molecule has 0 aliphatic carbocycles. The monoisotopic (exact) mass is 269 g/mol. The Kier molecular flexibility index (Phi) is 3.61. The molecule has 0 radical (unpaired) electrons. The van der Waals surface area contributed by atoms with Crippen LogP contribution in [0.25, 0.3) is 0 Å². The molecule has 1 atom stereocenters. The van der Waals surface area contributed by atoms with E-state index >= 15 is 0 Å². The second kappa shape index (κ2) is 4.87. The average Bonchev–Trinajstić information content (AvgIpc) is 2.32. The minimum atomic E-state index is -3.43. The number of aryl methyl sites for hydroxylation is 2. The third kappa shape index (κ3) is 2.50. The molecular weight excluding hydrogens is 250 g/mol. The summed E-state index contributed by atoms with van der Waals surface area (Å²) >= 11 is 0. The van der Waals surface area contributed by atoms with E-state index < -0.39 is 10.2 Å². The number of benzene rings is 1. The molecule has 1 aliphatic rings. The molecule has 1 unspecified atom stereocenters. The number of rotatable bonds is 2. The third-order valence-corrected chi connectivity index (χ3v) is 4.69. The number of hydrogen-bond acceptors (Lipinski definition) is 3. The Morgan fingerprint density at radius 2 is 2.17 bits per heavy atom. The number of anilines is 1. The van der Waals surface area contributed by atoms with Crippen LogP contribution in [0.1, 0.15) is 11.1 Å². The van der Waals surface area contributed by atoms with Crippen LogP contribution in [-0.4, -0.2) is 28.1 Å². The molecule has 6 heteroatoms. The summed E-state index contributed by atoms with van der Waals surface area (Å²) in [6.45, 7) is 5.20. The molecule has 1 heterocycles. The topological polar surface area (TPSA) is 75.4 Å². The fraction of sp³-hybridized carbons (Fsp3) is 0.500. The van der Waals surface area contributed by atoms with Gasteiger partial charge in [0.1, 0.15) is 0 Å². The van der Waals surface area contributed by atoms with Crippen molar-refractivity contribution < 1.29 is 8.42 Å². The van der Waals surface area contributed by atoms with Crippen molar-refractivity contribution >= 4 is 15.9 Å². The van der Waals surface area contributed by atoms with Crippen LogP contribution in [0.4, 0.5) is 5.69 Å². The third-order valence-electron chi connectivity index (χ3n) is 3.24. The molecular formula is C12H19N3O2S. The van der Waals surface area contributed by atoms with Crippen LogP contribution in [0, 0.1) is 19.8 Å². The van der Waals surface area contributed by atoms with Crippen molar-refractivity contribution in [2.45, 2.75) is 13.8 Å². The van der Waals surface area contributed by atoms with Gasteiger partial charge in [-0.25, -0.2) is 0 Å². The summed E-state index contributed by atoms with van der Waals surface area (Å²) in [6.07, 6.45) is 0. The fourth-order valence-corrected chi connectivity index (χ4v) is 3.54. The predicted molar refractivity (Wildman–Crippen MR) is 72.7 cm³/mol. The normalized spacial score (nSPS) is 23.1. The number of hydrogen-bond donors (Lipinski definition) is 2. The summed E-state index contributed by atoms with van der Waals surface area (Å²) in [5, 5.41) is 0. The van der Waals surface area contributed by atoms with Gasteiger partial charge in [-0.3, -0.25) is 4.31 Å². The van der Waals surface area contributed by atoms with Gasteiger partial charge < -0.3 is 5.73 Å². The fourth-order valence-electron chi connectivity index (χ4n) is 2.07. The van der Waals surface area contributed by atoms with E-state index in [1.54, 1.807) is 0 Å². The lowest BCUT2D eigenvalue weighted by atomic mass is 10.1. The largest absolute Gasteiger partial charge is 0.330 e. The molecule has 0 aromatic heterocycles. The first-order chi connectivity index (χ1) is 8.44. The maximum atomic E-state index is 12.1. The van der Waals surface area contributed by atoms with E-state index in [1.165, 1.54) is 4.31 Å². The Labute approximate surface area is 108 Å². The van der Waals surface area contributed by atoms with Gasteiger partial charge in [0.25, 0.3) is 0 Å². The van der Waals surface area contributed by atoms with E-state index in [2.05, 4.69) is 4.72 Å². The van der Waals surface area contributed by atoms with Crippen LogP contribution in [-0.2, 0) is 10.2 Å². The van der Waals surface area contributed by atoms with E-state index in [1.807, 2.05) is 32.0 Å². The number of nitrogens with one attached hydrogen (secondary N) is 1. The van der Waals surface area contributed by atoms with Gasteiger partial charge in [-0.05, 0) is 37.6 Å². The van der Waals surface area contributed by atoms with Crippen LogP contribution in [0.2, 0.25) is 0 Å². The van der Waals surface area contributed by atoms with Gasteiger partial charge in [0, 0.05) is 19.0 Å². The van der Waals surface area contributed by atoms with E-state index in [0.29, 0.717) is 19.6 Å². The van der Waals surface area contributed by atoms with Crippen molar-refractivity contribution in [2.24, 2.45) is 11.7 Å². The van der Waals surface area contributed by atoms with Crippen molar-refractivity contribution in [3.05, 3.63) is 29.3 Å². The van der Waals surface area contributed by atoms with Gasteiger partial charge >= 0.3 is 10.2 Å². The van der Waals surface area contributed by atoms with Gasteiger partial charge in [0.15, 0.2) is 0 Å². The minimum Gasteiger partial charge on any atom is -0.330 e. The smallest absolute Gasteiger partial charge is 0.301 e. The summed E-state index contributed by atoms with van der Waals surface area (Å²) in [4.78, 5) is 0. The molecule has 0 saturated carbocycles. The summed E-state index contributed by atoms with van der Waals surface area (Å²) in [6, 6.07) is 5.81. The second-order valence-corrected chi connectivity index (χ2v) is 6.46. The summed E-state index contributed by atoms with van der Waals surface area (Å²) in [5.41, 5.74) is 8.37. The zero-order chi connectivity index (χ0) is 13.3. The van der Waals surface area contributed by atoms with Crippen molar-refractivity contribution in [3.63, 3.8) is 0 Å². The zero-order valence-electron chi connectivity index (χ0n) is 10.7. The Morgan fingerprint density at radius 1 is 1.44 bits per heavy atom. The van der Waals surface area contributed by atoms with Gasteiger partial charge in [-0.1, -0.05) is 12.1 Å². The van der Waals surface area contributed by atoms with Crippen molar-refractivity contribution in [2.75, 3.05) is 23.9 Å². The first kappa shape index (κ1) is 13.3. The van der Waals surface area contributed by atoms with E-state index in [-0.39, 0.29) is 5.92 Å². The molecule has 100 valence electrons. The highest BCUT2D eigenvalue weighted by molar-refractivity contribution is 7.90. The number of nitrogens with zero attached hydrogens (tertiary/aromatic N) is 1. The van der Waals surface area contributed by atoms with Crippen molar-refractivity contribution in [3.8, 4) is 0 Å². The molecule has 1 aromatic carbocycles. The summed E-state index contributed by atoms with van der Waals surface area (Å²) < 4.78 is 28.2. The van der Waals surface area contributed by atoms with Gasteiger partial charge in [-0.2, -0.15) is 13.1 Å². The molecule has 3 N–H and O–H groups in total. The molecule has 2 rings (SSSR count). The Hall–Kier alpha value is -1.11. The first-order valence-corrected chi connectivity index (χ1v) is 7.42. The van der Waals surface area contributed by atoms with Gasteiger partial charge in [0.2, 0.25) is 0 Å². The maximum Gasteiger partial charge on any atom is 0.301 e. The lowest BCUT2D eigenvalue weighted by molar-refractivity contribution is 0.486. The molecule has 18 heavy (non-hydrogen) atoms. The van der Waals surface area contributed by atoms with E-state index in [4.69, 9.17) is 5.73 Å². The lowest BCUT2D eigenvalue weighted by Gasteiger charge is -2.34. The van der Waals surface area contributed by atoms with E-state index in [0.717, 1.165) is 16.8 Å². The summed E-state index contributed by atoms with van der Waals surface area (Å²) in [5.74, 6) is 0.147. The number of nitrogens with two attached hydrogens (primary N) is 1. The molecule has 1 aromatic rings. The quantitative estimate of drug-likeness (QED) is 0.822. The predicted octanol–water partition coefficient (Wildman–Crippen LogP) is 0.533. The first-order valence-electron chi connectivity index (χ1n) is 5.98. The molecule has 1 aliphatic heterocycles. The molecule has 0 amide bonds. The highest BCUT2D eigenvalue weighted by Crippen LogP contribution is 2.26. The van der Waals surface area contributed by atoms with Gasteiger partial charge in [-0.15, -0.1) is 0 Å². The Morgan fingerprint density at radius 3 is 2.83 bits per heavy atom.